The summed E-state index contributed by atoms with van der Waals surface area (Å²) in [5.74, 6) is 0.627. The maximum absolute atomic E-state index is 12.2. The quantitative estimate of drug-likeness (QED) is 0.686. The standard InChI is InChI=1S/C14H17ClN2O3/c1-8-3-6-13(9(8)2)16-14(18)11-7-10(17(19)20)4-5-12(11)15/h4-5,7-9,13H,3,6H2,1-2H3,(H,16,18). The summed E-state index contributed by atoms with van der Waals surface area (Å²) in [4.78, 5) is 22.5. The van der Waals surface area contributed by atoms with Crippen molar-refractivity contribution >= 4 is 23.2 Å². The summed E-state index contributed by atoms with van der Waals surface area (Å²) in [5, 5.41) is 13.9. The Balaban J connectivity index is 2.17. The number of carbonyl (C=O) groups is 1. The smallest absolute Gasteiger partial charge is 0.270 e. The average molecular weight is 297 g/mol. The van der Waals surface area contributed by atoms with Crippen molar-refractivity contribution < 1.29 is 9.72 Å². The van der Waals surface area contributed by atoms with E-state index < -0.39 is 4.92 Å². The van der Waals surface area contributed by atoms with E-state index in [2.05, 4.69) is 19.2 Å². The minimum absolute atomic E-state index is 0.104. The van der Waals surface area contributed by atoms with E-state index in [0.29, 0.717) is 11.8 Å². The molecular formula is C14H17ClN2O3. The summed E-state index contributed by atoms with van der Waals surface area (Å²) >= 11 is 5.96. The average Bonchev–Trinajstić information content (AvgIpc) is 2.71. The predicted octanol–water partition coefficient (Wildman–Crippen LogP) is 3.41. The zero-order chi connectivity index (χ0) is 14.9. The monoisotopic (exact) mass is 296 g/mol. The Kier molecular flexibility index (Phi) is 4.28. The molecule has 20 heavy (non-hydrogen) atoms. The van der Waals surface area contributed by atoms with Crippen molar-refractivity contribution in [2.45, 2.75) is 32.7 Å². The topological polar surface area (TPSA) is 72.2 Å². The molecule has 2 rings (SSSR count). The fourth-order valence-corrected chi connectivity index (χ4v) is 2.82. The third kappa shape index (κ3) is 2.93. The molecule has 1 aromatic rings. The number of hydrogen-bond acceptors (Lipinski definition) is 3. The molecule has 1 aliphatic rings. The van der Waals surface area contributed by atoms with Crippen LogP contribution < -0.4 is 5.32 Å². The van der Waals surface area contributed by atoms with E-state index in [1.54, 1.807) is 0 Å². The second-order valence-corrected chi connectivity index (χ2v) is 5.82. The SMILES string of the molecule is CC1CCC(NC(=O)c2cc([N+](=O)[O-])ccc2Cl)C1C. The van der Waals surface area contributed by atoms with Gasteiger partial charge in [0.15, 0.2) is 0 Å². The highest BCUT2D eigenvalue weighted by Gasteiger charge is 2.31. The van der Waals surface area contributed by atoms with Crippen molar-refractivity contribution in [3.8, 4) is 0 Å². The minimum Gasteiger partial charge on any atom is -0.349 e. The van der Waals surface area contributed by atoms with Crippen LogP contribution in [0.3, 0.4) is 0 Å². The second kappa shape index (κ2) is 5.79. The lowest BCUT2D eigenvalue weighted by molar-refractivity contribution is -0.384. The minimum atomic E-state index is -0.534. The molecule has 0 bridgehead atoms. The number of nitrogens with zero attached hydrogens (tertiary/aromatic N) is 1. The fourth-order valence-electron chi connectivity index (χ4n) is 2.62. The molecule has 0 saturated heterocycles. The molecule has 0 aromatic heterocycles. The van der Waals surface area contributed by atoms with E-state index in [-0.39, 0.29) is 28.2 Å². The fraction of sp³-hybridized carbons (Fsp3) is 0.500. The Labute approximate surface area is 122 Å². The van der Waals surface area contributed by atoms with Crippen LogP contribution in [0, 0.1) is 22.0 Å². The molecule has 0 spiro atoms. The number of halogens is 1. The van der Waals surface area contributed by atoms with Crippen molar-refractivity contribution in [2.75, 3.05) is 0 Å². The molecule has 1 aliphatic carbocycles. The van der Waals surface area contributed by atoms with E-state index in [9.17, 15) is 14.9 Å². The normalized spacial score (nSPS) is 25.4. The summed E-state index contributed by atoms with van der Waals surface area (Å²) in [5.41, 5.74) is 0.0278. The first-order valence-corrected chi connectivity index (χ1v) is 7.02. The number of carbonyl (C=O) groups excluding carboxylic acids is 1. The second-order valence-electron chi connectivity index (χ2n) is 5.41. The third-order valence-electron chi connectivity index (χ3n) is 4.19. The lowest BCUT2D eigenvalue weighted by atomic mass is 9.97. The van der Waals surface area contributed by atoms with Crippen LogP contribution in [0.15, 0.2) is 18.2 Å². The Morgan fingerprint density at radius 1 is 1.40 bits per heavy atom. The molecule has 0 heterocycles. The largest absolute Gasteiger partial charge is 0.349 e. The van der Waals surface area contributed by atoms with Crippen LogP contribution in [0.4, 0.5) is 5.69 Å². The number of rotatable bonds is 3. The Morgan fingerprint density at radius 3 is 2.65 bits per heavy atom. The van der Waals surface area contributed by atoms with Crippen LogP contribution in [0.1, 0.15) is 37.0 Å². The molecule has 0 aliphatic heterocycles. The first kappa shape index (κ1) is 14.8. The highest BCUT2D eigenvalue weighted by Crippen LogP contribution is 2.31. The third-order valence-corrected chi connectivity index (χ3v) is 4.52. The van der Waals surface area contributed by atoms with Crippen molar-refractivity contribution in [3.05, 3.63) is 38.9 Å². The molecule has 1 amide bonds. The molecule has 1 aromatic carbocycles. The number of non-ortho nitro benzene ring substituents is 1. The van der Waals surface area contributed by atoms with Gasteiger partial charge in [0.2, 0.25) is 0 Å². The van der Waals surface area contributed by atoms with Crippen molar-refractivity contribution in [3.63, 3.8) is 0 Å². The maximum Gasteiger partial charge on any atom is 0.270 e. The summed E-state index contributed by atoms with van der Waals surface area (Å²) in [6.45, 7) is 4.27. The molecule has 5 nitrogen and oxygen atoms in total. The molecule has 1 fully saturated rings. The Hall–Kier alpha value is -1.62. The lowest BCUT2D eigenvalue weighted by Crippen LogP contribution is -2.37. The Morgan fingerprint density at radius 2 is 2.10 bits per heavy atom. The van der Waals surface area contributed by atoms with E-state index in [1.807, 2.05) is 0 Å². The zero-order valence-electron chi connectivity index (χ0n) is 11.4. The number of amides is 1. The van der Waals surface area contributed by atoms with Crippen LogP contribution in [0.2, 0.25) is 5.02 Å². The van der Waals surface area contributed by atoms with E-state index in [1.165, 1.54) is 18.2 Å². The van der Waals surface area contributed by atoms with Crippen LogP contribution >= 0.6 is 11.6 Å². The van der Waals surface area contributed by atoms with Gasteiger partial charge < -0.3 is 5.32 Å². The predicted molar refractivity (Wildman–Crippen MR) is 76.9 cm³/mol. The molecular weight excluding hydrogens is 280 g/mol. The zero-order valence-corrected chi connectivity index (χ0v) is 12.2. The van der Waals surface area contributed by atoms with Gasteiger partial charge in [-0.3, -0.25) is 14.9 Å². The first-order chi connectivity index (χ1) is 9.40. The summed E-state index contributed by atoms with van der Waals surface area (Å²) in [7, 11) is 0. The number of nitrogens with one attached hydrogen (secondary N) is 1. The number of nitro groups is 1. The van der Waals surface area contributed by atoms with Gasteiger partial charge in [0.25, 0.3) is 11.6 Å². The molecule has 3 atom stereocenters. The number of benzene rings is 1. The van der Waals surface area contributed by atoms with Gasteiger partial charge in [-0.1, -0.05) is 25.4 Å². The van der Waals surface area contributed by atoms with Crippen molar-refractivity contribution in [1.82, 2.24) is 5.32 Å². The van der Waals surface area contributed by atoms with Crippen LogP contribution in [0.5, 0.6) is 0 Å². The summed E-state index contributed by atoms with van der Waals surface area (Å²) < 4.78 is 0. The molecule has 108 valence electrons. The van der Waals surface area contributed by atoms with Crippen molar-refractivity contribution in [1.29, 1.82) is 0 Å². The van der Waals surface area contributed by atoms with Gasteiger partial charge in [-0.25, -0.2) is 0 Å². The highest BCUT2D eigenvalue weighted by atomic mass is 35.5. The van der Waals surface area contributed by atoms with Gasteiger partial charge in [-0.15, -0.1) is 0 Å². The number of hydrogen-bond donors (Lipinski definition) is 1. The molecule has 1 N–H and O–H groups in total. The molecule has 6 heteroatoms. The first-order valence-electron chi connectivity index (χ1n) is 6.65. The van der Waals surface area contributed by atoms with Crippen LogP contribution in [0.25, 0.3) is 0 Å². The number of nitro benzene ring substituents is 1. The highest BCUT2D eigenvalue weighted by molar-refractivity contribution is 6.33. The van der Waals surface area contributed by atoms with E-state index in [4.69, 9.17) is 11.6 Å². The summed E-state index contributed by atoms with van der Waals surface area (Å²) in [6, 6.07) is 4.00. The van der Waals surface area contributed by atoms with Crippen LogP contribution in [-0.4, -0.2) is 16.9 Å². The van der Waals surface area contributed by atoms with Crippen LogP contribution in [-0.2, 0) is 0 Å². The Bertz CT molecular complexity index is 547. The van der Waals surface area contributed by atoms with Gasteiger partial charge in [0, 0.05) is 18.2 Å². The molecule has 0 radical (unpaired) electrons. The van der Waals surface area contributed by atoms with E-state index in [0.717, 1.165) is 12.8 Å². The molecule has 1 saturated carbocycles. The van der Waals surface area contributed by atoms with Crippen molar-refractivity contribution in [2.24, 2.45) is 11.8 Å². The maximum atomic E-state index is 12.2. The van der Waals surface area contributed by atoms with E-state index >= 15 is 0 Å². The van der Waals surface area contributed by atoms with Gasteiger partial charge in [-0.05, 0) is 30.7 Å². The summed E-state index contributed by atoms with van der Waals surface area (Å²) in [6.07, 6.45) is 2.01. The van der Waals surface area contributed by atoms with Gasteiger partial charge >= 0.3 is 0 Å². The lowest BCUT2D eigenvalue weighted by Gasteiger charge is -2.19. The van der Waals surface area contributed by atoms with Gasteiger partial charge in [-0.2, -0.15) is 0 Å². The molecule has 3 unspecified atom stereocenters. The van der Waals surface area contributed by atoms with Gasteiger partial charge in [0.1, 0.15) is 0 Å². The van der Waals surface area contributed by atoms with Gasteiger partial charge in [0.05, 0.1) is 15.5 Å².